The molecule has 0 spiro atoms. The summed E-state index contributed by atoms with van der Waals surface area (Å²) in [7, 11) is 2.08. The van der Waals surface area contributed by atoms with Crippen LogP contribution in [0.25, 0.3) is 0 Å². The van der Waals surface area contributed by atoms with Crippen LogP contribution in [0.1, 0.15) is 6.92 Å². The van der Waals surface area contributed by atoms with E-state index < -0.39 is 0 Å². The van der Waals surface area contributed by atoms with Crippen molar-refractivity contribution in [3.05, 3.63) is 71.3 Å². The molecule has 0 atom stereocenters. The van der Waals surface area contributed by atoms with E-state index in [2.05, 4.69) is 53.4 Å². The van der Waals surface area contributed by atoms with E-state index in [-0.39, 0.29) is 5.91 Å². The molecule has 0 fully saturated rings. The Morgan fingerprint density at radius 3 is 2.55 bits per heavy atom. The number of anilines is 1. The molecular formula is C18H16N2OS. The second kappa shape index (κ2) is 6.20. The van der Waals surface area contributed by atoms with Gasteiger partial charge >= 0.3 is 0 Å². The molecule has 110 valence electrons. The lowest BCUT2D eigenvalue weighted by Crippen LogP contribution is -2.09. The number of thioether (sulfide) groups is 1. The topological polar surface area (TPSA) is 32.7 Å². The van der Waals surface area contributed by atoms with Gasteiger partial charge in [0.1, 0.15) is 0 Å². The summed E-state index contributed by atoms with van der Waals surface area (Å²) in [4.78, 5) is 18.3. The van der Waals surface area contributed by atoms with Gasteiger partial charge in [-0.15, -0.1) is 0 Å². The molecule has 0 unspecified atom stereocenters. The van der Waals surface area contributed by atoms with Crippen LogP contribution in [-0.4, -0.2) is 18.7 Å². The molecule has 1 aliphatic heterocycles. The number of hydrogen-bond acceptors (Lipinski definition) is 3. The van der Waals surface area contributed by atoms with E-state index >= 15 is 0 Å². The van der Waals surface area contributed by atoms with E-state index in [0.29, 0.717) is 5.71 Å². The van der Waals surface area contributed by atoms with Crippen LogP contribution in [-0.2, 0) is 4.79 Å². The summed E-state index contributed by atoms with van der Waals surface area (Å²) in [6.07, 6.45) is 11.8. The standard InChI is InChI=1S/C18H16N2OS/c1-13(21)19-15-10-7-14(8-11-15)9-12-18-20(2)16-5-3-4-6-17(16)22-18/h3-12H,1-2H3/b14-9?,18-12-,19-15?. The van der Waals surface area contributed by atoms with E-state index in [1.54, 1.807) is 11.8 Å². The van der Waals surface area contributed by atoms with Crippen molar-refractivity contribution in [3.63, 3.8) is 0 Å². The van der Waals surface area contributed by atoms with Crippen LogP contribution in [0.5, 0.6) is 0 Å². The summed E-state index contributed by atoms with van der Waals surface area (Å²) in [5.74, 6) is -0.180. The quantitative estimate of drug-likeness (QED) is 0.782. The Morgan fingerprint density at radius 2 is 1.86 bits per heavy atom. The van der Waals surface area contributed by atoms with Gasteiger partial charge in [-0.3, -0.25) is 4.79 Å². The van der Waals surface area contributed by atoms with Crippen molar-refractivity contribution >= 4 is 29.1 Å². The lowest BCUT2D eigenvalue weighted by atomic mass is 10.1. The Hall–Kier alpha value is -2.33. The number of rotatable bonds is 1. The van der Waals surface area contributed by atoms with Crippen molar-refractivity contribution in [2.45, 2.75) is 11.8 Å². The van der Waals surface area contributed by atoms with Gasteiger partial charge in [0, 0.05) is 18.9 Å². The maximum absolute atomic E-state index is 10.9. The van der Waals surface area contributed by atoms with Gasteiger partial charge in [-0.05, 0) is 35.9 Å². The van der Waals surface area contributed by atoms with E-state index in [0.717, 1.165) is 5.57 Å². The lowest BCUT2D eigenvalue weighted by Gasteiger charge is -2.12. The average Bonchev–Trinajstić information content (AvgIpc) is 2.83. The van der Waals surface area contributed by atoms with Gasteiger partial charge in [0.2, 0.25) is 5.91 Å². The molecule has 0 bridgehead atoms. The zero-order valence-electron chi connectivity index (χ0n) is 12.5. The van der Waals surface area contributed by atoms with Crippen LogP contribution in [0.2, 0.25) is 0 Å². The summed E-state index contributed by atoms with van der Waals surface area (Å²) in [6, 6.07) is 8.37. The Labute approximate surface area is 134 Å². The number of para-hydroxylation sites is 1. The summed E-state index contributed by atoms with van der Waals surface area (Å²) in [5.41, 5.74) is 3.01. The van der Waals surface area contributed by atoms with E-state index in [9.17, 15) is 4.79 Å². The molecule has 2 aliphatic rings. The van der Waals surface area contributed by atoms with Crippen molar-refractivity contribution in [2.24, 2.45) is 4.99 Å². The summed E-state index contributed by atoms with van der Waals surface area (Å²) in [6.45, 7) is 1.45. The average molecular weight is 308 g/mol. The third-order valence-electron chi connectivity index (χ3n) is 3.37. The van der Waals surface area contributed by atoms with Crippen molar-refractivity contribution in [1.82, 2.24) is 0 Å². The first-order valence-corrected chi connectivity index (χ1v) is 7.83. The monoisotopic (exact) mass is 308 g/mol. The maximum atomic E-state index is 10.9. The van der Waals surface area contributed by atoms with E-state index in [1.165, 1.54) is 22.5 Å². The second-order valence-corrected chi connectivity index (χ2v) is 6.08. The summed E-state index contributed by atoms with van der Waals surface area (Å²) >= 11 is 1.77. The number of amides is 1. The molecule has 1 aromatic rings. The molecule has 22 heavy (non-hydrogen) atoms. The van der Waals surface area contributed by atoms with Crippen LogP contribution in [0.4, 0.5) is 5.69 Å². The number of nitrogens with zero attached hydrogens (tertiary/aromatic N) is 2. The Morgan fingerprint density at radius 1 is 1.14 bits per heavy atom. The number of carbonyl (C=O) groups is 1. The fourth-order valence-corrected chi connectivity index (χ4v) is 3.33. The van der Waals surface area contributed by atoms with Gasteiger partial charge in [-0.1, -0.05) is 42.1 Å². The molecule has 0 saturated heterocycles. The van der Waals surface area contributed by atoms with Crippen molar-refractivity contribution < 1.29 is 4.79 Å². The van der Waals surface area contributed by atoms with Gasteiger partial charge in [-0.25, -0.2) is 4.99 Å². The molecular weight excluding hydrogens is 292 g/mol. The van der Waals surface area contributed by atoms with Crippen LogP contribution in [0.3, 0.4) is 0 Å². The summed E-state index contributed by atoms with van der Waals surface area (Å²) in [5, 5.41) is 1.19. The SMILES string of the molecule is CC(=O)N=C1C=CC(=C/C=C2\Sc3ccccc3N2C)C=C1. The highest BCUT2D eigenvalue weighted by atomic mass is 32.2. The Balaban J connectivity index is 1.76. The third kappa shape index (κ3) is 3.12. The number of aliphatic imine (C=N–C) groups is 1. The predicted octanol–water partition coefficient (Wildman–Crippen LogP) is 4.11. The highest BCUT2D eigenvalue weighted by molar-refractivity contribution is 8.03. The largest absolute Gasteiger partial charge is 0.338 e. The van der Waals surface area contributed by atoms with Gasteiger partial charge in [-0.2, -0.15) is 0 Å². The minimum atomic E-state index is -0.180. The smallest absolute Gasteiger partial charge is 0.243 e. The Kier molecular flexibility index (Phi) is 4.11. The van der Waals surface area contributed by atoms with Gasteiger partial charge in [0.15, 0.2) is 0 Å². The molecule has 3 rings (SSSR count). The molecule has 1 heterocycles. The van der Waals surface area contributed by atoms with E-state index in [1.807, 2.05) is 24.3 Å². The number of benzene rings is 1. The minimum Gasteiger partial charge on any atom is -0.338 e. The molecule has 0 radical (unpaired) electrons. The molecule has 0 N–H and O–H groups in total. The van der Waals surface area contributed by atoms with Gasteiger partial charge in [0.05, 0.1) is 16.4 Å². The molecule has 0 saturated carbocycles. The number of hydrogen-bond donors (Lipinski definition) is 0. The van der Waals surface area contributed by atoms with Crippen LogP contribution >= 0.6 is 11.8 Å². The molecule has 4 heteroatoms. The van der Waals surface area contributed by atoms with Gasteiger partial charge < -0.3 is 4.90 Å². The van der Waals surface area contributed by atoms with Gasteiger partial charge in [0.25, 0.3) is 0 Å². The van der Waals surface area contributed by atoms with E-state index in [4.69, 9.17) is 0 Å². The highest BCUT2D eigenvalue weighted by Gasteiger charge is 2.20. The molecule has 1 aliphatic carbocycles. The fraction of sp³-hybridized carbons (Fsp3) is 0.111. The second-order valence-electron chi connectivity index (χ2n) is 5.02. The van der Waals surface area contributed by atoms with Crippen LogP contribution < -0.4 is 4.90 Å². The predicted molar refractivity (Wildman–Crippen MR) is 93.3 cm³/mol. The van der Waals surface area contributed by atoms with Crippen molar-refractivity contribution in [3.8, 4) is 0 Å². The third-order valence-corrected chi connectivity index (χ3v) is 4.55. The van der Waals surface area contributed by atoms with Crippen molar-refractivity contribution in [1.29, 1.82) is 0 Å². The van der Waals surface area contributed by atoms with Crippen LogP contribution in [0, 0.1) is 0 Å². The highest BCUT2D eigenvalue weighted by Crippen LogP contribution is 2.44. The number of allylic oxidation sites excluding steroid dienone is 7. The summed E-state index contributed by atoms with van der Waals surface area (Å²) < 4.78 is 0. The Bertz CT molecular complexity index is 751. The first-order chi connectivity index (χ1) is 10.6. The van der Waals surface area contributed by atoms with Crippen molar-refractivity contribution in [2.75, 3.05) is 11.9 Å². The first kappa shape index (κ1) is 14.6. The minimum absolute atomic E-state index is 0.180. The molecule has 0 aromatic heterocycles. The normalized spacial score (nSPS) is 17.9. The number of fused-ring (bicyclic) bond motifs is 1. The van der Waals surface area contributed by atoms with Crippen LogP contribution in [0.15, 0.2) is 81.2 Å². The first-order valence-electron chi connectivity index (χ1n) is 7.01. The molecule has 3 nitrogen and oxygen atoms in total. The maximum Gasteiger partial charge on any atom is 0.243 e. The zero-order valence-corrected chi connectivity index (χ0v) is 13.3. The number of carbonyl (C=O) groups excluding carboxylic acids is 1. The zero-order chi connectivity index (χ0) is 15.5. The lowest BCUT2D eigenvalue weighted by molar-refractivity contribution is -0.115. The molecule has 1 amide bonds. The molecule has 1 aromatic carbocycles. The fourth-order valence-electron chi connectivity index (χ4n) is 2.28.